The molecule has 1 aromatic carbocycles. The lowest BCUT2D eigenvalue weighted by Gasteiger charge is -2.49. The first-order valence-electron chi connectivity index (χ1n) is 14.4. The Bertz CT molecular complexity index is 1850. The highest BCUT2D eigenvalue weighted by Gasteiger charge is 2.54. The minimum absolute atomic E-state index is 0.0784. The van der Waals surface area contributed by atoms with Crippen molar-refractivity contribution in [3.63, 3.8) is 0 Å². The van der Waals surface area contributed by atoms with Crippen molar-refractivity contribution in [3.05, 3.63) is 94.4 Å². The van der Waals surface area contributed by atoms with Gasteiger partial charge in [-0.2, -0.15) is 0 Å². The molecule has 0 bridgehead atoms. The number of carbonyl (C=O) groups is 5. The van der Waals surface area contributed by atoms with Crippen molar-refractivity contribution in [2.75, 3.05) is 16.8 Å². The summed E-state index contributed by atoms with van der Waals surface area (Å²) in [6.07, 6.45) is 6.53. The number of aliphatic carboxylic acids is 1. The highest BCUT2D eigenvalue weighted by Crippen LogP contribution is 2.40. The van der Waals surface area contributed by atoms with Gasteiger partial charge in [-0.25, -0.2) is 19.1 Å². The summed E-state index contributed by atoms with van der Waals surface area (Å²) in [7, 11) is 0. The summed E-state index contributed by atoms with van der Waals surface area (Å²) < 4.78 is 1.80. The topological polar surface area (TPSA) is 217 Å². The average Bonchev–Trinajstić information content (AvgIpc) is 3.49. The van der Waals surface area contributed by atoms with E-state index in [0.717, 1.165) is 11.3 Å². The third-order valence-corrected chi connectivity index (χ3v) is 8.98. The highest BCUT2D eigenvalue weighted by atomic mass is 32.2. The lowest BCUT2D eigenvalue weighted by atomic mass is 10.0. The van der Waals surface area contributed by atoms with Crippen LogP contribution in [-0.4, -0.2) is 78.7 Å². The number of carbonyl (C=O) groups excluding carboxylic acids is 3. The summed E-state index contributed by atoms with van der Waals surface area (Å²) in [6, 6.07) is 7.94. The third-order valence-electron chi connectivity index (χ3n) is 7.00. The van der Waals surface area contributed by atoms with Gasteiger partial charge in [-0.3, -0.25) is 19.3 Å². The van der Waals surface area contributed by atoms with Crippen molar-refractivity contribution in [1.29, 1.82) is 0 Å². The number of nitrogens with two attached hydrogens (primary N) is 1. The van der Waals surface area contributed by atoms with Gasteiger partial charge >= 0.3 is 11.9 Å². The van der Waals surface area contributed by atoms with Gasteiger partial charge in [0, 0.05) is 28.8 Å². The number of benzene rings is 1. The summed E-state index contributed by atoms with van der Waals surface area (Å²) in [6.45, 7) is 3.83. The van der Waals surface area contributed by atoms with Crippen LogP contribution in [0.5, 0.6) is 0 Å². The number of hydrogen-bond donors (Lipinski definition) is 5. The largest absolute Gasteiger partial charge is 0.478 e. The molecule has 1 saturated heterocycles. The van der Waals surface area contributed by atoms with E-state index in [0.29, 0.717) is 23.4 Å². The van der Waals surface area contributed by atoms with Crippen LogP contribution in [0.15, 0.2) is 82.7 Å². The molecule has 0 spiro atoms. The number of pyridine rings is 1. The van der Waals surface area contributed by atoms with Crippen LogP contribution < -0.4 is 20.9 Å². The SMILES string of the molecule is CC(C)O/N=C(\C(=O)N[C@@H]1C(=O)N2C(C(=O)O)=C(/C=C/C[n+]3ccc(NC(=O)c4ccc(C(=O)O)cc4)cc3)CS[C@H]12)c1csc(N)n1. The van der Waals surface area contributed by atoms with Crippen LogP contribution in [0.25, 0.3) is 0 Å². The zero-order valence-corrected chi connectivity index (χ0v) is 27.2. The van der Waals surface area contributed by atoms with Crippen molar-refractivity contribution in [2.24, 2.45) is 5.16 Å². The van der Waals surface area contributed by atoms with Gasteiger partial charge in [-0.05, 0) is 49.8 Å². The number of β-lactam (4-membered cyclic amide) rings is 1. The summed E-state index contributed by atoms with van der Waals surface area (Å²) in [5, 5.41) is 29.5. The van der Waals surface area contributed by atoms with Gasteiger partial charge in [-0.1, -0.05) is 11.2 Å². The van der Waals surface area contributed by atoms with Gasteiger partial charge in [0.05, 0.1) is 11.3 Å². The fraction of sp³-hybridized carbons (Fsp3) is 0.226. The van der Waals surface area contributed by atoms with Crippen LogP contribution >= 0.6 is 23.1 Å². The number of hydrogen-bond acceptors (Lipinski definition) is 11. The van der Waals surface area contributed by atoms with Crippen LogP contribution in [0.4, 0.5) is 10.8 Å². The first-order chi connectivity index (χ1) is 22.9. The lowest BCUT2D eigenvalue weighted by Crippen LogP contribution is -2.71. The Morgan fingerprint density at radius 1 is 1.12 bits per heavy atom. The van der Waals surface area contributed by atoms with Crippen molar-refractivity contribution in [2.45, 2.75) is 37.9 Å². The Hall–Kier alpha value is -5.55. The number of thiazole rings is 1. The number of amides is 3. The number of oxime groups is 1. The van der Waals surface area contributed by atoms with Crippen LogP contribution in [0.3, 0.4) is 0 Å². The number of aromatic carboxylic acids is 1. The summed E-state index contributed by atoms with van der Waals surface area (Å²) >= 11 is 2.43. The molecule has 15 nitrogen and oxygen atoms in total. The van der Waals surface area contributed by atoms with E-state index in [9.17, 15) is 29.1 Å². The fourth-order valence-electron chi connectivity index (χ4n) is 4.69. The third kappa shape index (κ3) is 7.53. The van der Waals surface area contributed by atoms with Gasteiger partial charge in [0.1, 0.15) is 28.9 Å². The zero-order valence-electron chi connectivity index (χ0n) is 25.5. The molecule has 2 aliphatic heterocycles. The molecule has 248 valence electrons. The van der Waals surface area contributed by atoms with E-state index in [1.807, 2.05) is 0 Å². The second-order valence-corrected chi connectivity index (χ2v) is 12.7. The molecule has 2 aromatic heterocycles. The molecule has 0 radical (unpaired) electrons. The Kier molecular flexibility index (Phi) is 10.2. The Morgan fingerprint density at radius 3 is 2.42 bits per heavy atom. The summed E-state index contributed by atoms with van der Waals surface area (Å²) in [4.78, 5) is 72.6. The van der Waals surface area contributed by atoms with E-state index in [1.165, 1.54) is 40.9 Å². The van der Waals surface area contributed by atoms with Crippen molar-refractivity contribution >= 4 is 69.3 Å². The molecular formula is C31H30N7O8S2+. The fourth-order valence-corrected chi connectivity index (χ4v) is 6.55. The van der Waals surface area contributed by atoms with Crippen molar-refractivity contribution in [3.8, 4) is 0 Å². The number of carboxylic acid groups (broad SMARTS) is 2. The van der Waals surface area contributed by atoms with Gasteiger partial charge in [-0.15, -0.1) is 23.1 Å². The van der Waals surface area contributed by atoms with Gasteiger partial charge in [0.15, 0.2) is 29.8 Å². The van der Waals surface area contributed by atoms with Gasteiger partial charge in [0.2, 0.25) is 0 Å². The Balaban J connectivity index is 1.21. The van der Waals surface area contributed by atoms with Gasteiger partial charge < -0.3 is 31.4 Å². The number of nitrogens with zero attached hydrogens (tertiary/aromatic N) is 4. The molecule has 1 fully saturated rings. The first kappa shape index (κ1) is 33.8. The molecule has 0 saturated carbocycles. The second kappa shape index (κ2) is 14.5. The maximum atomic E-state index is 13.2. The number of fused-ring (bicyclic) bond motifs is 1. The maximum Gasteiger partial charge on any atom is 0.352 e. The Labute approximate surface area is 281 Å². The molecule has 2 atom stereocenters. The molecule has 3 amide bonds. The number of nitrogens with one attached hydrogen (secondary N) is 2. The zero-order chi connectivity index (χ0) is 34.5. The predicted molar refractivity (Wildman–Crippen MR) is 176 cm³/mol. The number of carboxylic acids is 2. The van der Waals surface area contributed by atoms with E-state index in [1.54, 1.807) is 60.5 Å². The molecule has 2 aliphatic rings. The molecule has 3 aromatic rings. The van der Waals surface area contributed by atoms with Gasteiger partial charge in [0.25, 0.3) is 17.7 Å². The normalized spacial score (nSPS) is 17.6. The number of rotatable bonds is 12. The van der Waals surface area contributed by atoms with Crippen LogP contribution in [0.1, 0.15) is 40.3 Å². The van der Waals surface area contributed by atoms with Crippen LogP contribution in [-0.2, 0) is 25.8 Å². The first-order valence-corrected chi connectivity index (χ1v) is 16.3. The van der Waals surface area contributed by atoms with Crippen LogP contribution in [0.2, 0.25) is 0 Å². The monoisotopic (exact) mass is 692 g/mol. The second-order valence-electron chi connectivity index (χ2n) is 10.7. The molecule has 17 heteroatoms. The Morgan fingerprint density at radius 2 is 1.81 bits per heavy atom. The van der Waals surface area contributed by atoms with Crippen LogP contribution in [0, 0.1) is 0 Å². The van der Waals surface area contributed by atoms with E-state index < -0.39 is 41.1 Å². The minimum atomic E-state index is -1.27. The van der Waals surface area contributed by atoms with Crippen molar-refractivity contribution < 1.29 is 43.6 Å². The predicted octanol–water partition coefficient (Wildman–Crippen LogP) is 2.09. The molecule has 48 heavy (non-hydrogen) atoms. The molecule has 6 N–H and O–H groups in total. The highest BCUT2D eigenvalue weighted by molar-refractivity contribution is 8.00. The standard InChI is InChI=1S/C31H29N7O8S2/c1-16(2)46-36-22(21-15-48-31(32)34-21)26(40)35-23-27(41)38-24(30(44)45)19(14-47-28(23)38)4-3-11-37-12-9-20(10-13-37)33-25(39)17-5-7-18(8-6-17)29(42)43/h3-10,12-13,15-16,23,28H,11,14H2,1-2H3,(H5,32,34,35,40,42,43,44,45)/p+1/b4-3+,36-22-/t23-,28-/m1/s1. The number of aromatic nitrogens is 2. The van der Waals surface area contributed by atoms with E-state index >= 15 is 0 Å². The molecule has 4 heterocycles. The average molecular weight is 693 g/mol. The molecule has 0 aliphatic carbocycles. The van der Waals surface area contributed by atoms with E-state index in [4.69, 9.17) is 15.7 Å². The summed E-state index contributed by atoms with van der Waals surface area (Å²) in [5.74, 6) is -3.75. The van der Waals surface area contributed by atoms with Crippen molar-refractivity contribution in [1.82, 2.24) is 15.2 Å². The quantitative estimate of drug-likeness (QED) is 0.0801. The number of thioether (sulfide) groups is 1. The lowest BCUT2D eigenvalue weighted by molar-refractivity contribution is -0.686. The number of anilines is 2. The molecule has 5 rings (SSSR count). The minimum Gasteiger partial charge on any atom is -0.478 e. The van der Waals surface area contributed by atoms with E-state index in [-0.39, 0.29) is 39.7 Å². The number of nitrogen functional groups attached to an aromatic ring is 1. The van der Waals surface area contributed by atoms with E-state index in [2.05, 4.69) is 20.8 Å². The summed E-state index contributed by atoms with van der Waals surface area (Å²) in [5.41, 5.74) is 6.94. The molecule has 0 unspecified atom stereocenters. The molecular weight excluding hydrogens is 663 g/mol. The number of allylic oxidation sites excluding steroid dienone is 2. The smallest absolute Gasteiger partial charge is 0.352 e. The maximum absolute atomic E-state index is 13.2.